The van der Waals surface area contributed by atoms with Gasteiger partial charge < -0.3 is 15.8 Å². The van der Waals surface area contributed by atoms with Crippen LogP contribution in [0.2, 0.25) is 0 Å². The Morgan fingerprint density at radius 2 is 2.10 bits per heavy atom. The van der Waals surface area contributed by atoms with Crippen molar-refractivity contribution < 1.29 is 9.53 Å². The first-order valence-electron chi connectivity index (χ1n) is 6.23. The lowest BCUT2D eigenvalue weighted by molar-refractivity contribution is 0.0944. The van der Waals surface area contributed by atoms with Crippen molar-refractivity contribution in [1.82, 2.24) is 4.98 Å². The number of aromatic nitrogens is 1. The summed E-state index contributed by atoms with van der Waals surface area (Å²) >= 11 is 1.26. The molecular weight excluding hydrogens is 274 g/mol. The summed E-state index contributed by atoms with van der Waals surface area (Å²) in [6, 6.07) is 7.50. The lowest BCUT2D eigenvalue weighted by Crippen LogP contribution is -2.07. The minimum absolute atomic E-state index is 0.00748. The van der Waals surface area contributed by atoms with Crippen LogP contribution in [-0.4, -0.2) is 17.9 Å². The van der Waals surface area contributed by atoms with Gasteiger partial charge in [-0.2, -0.15) is 0 Å². The zero-order valence-electron chi connectivity index (χ0n) is 11.6. The average Bonchev–Trinajstić information content (AvgIpc) is 2.79. The van der Waals surface area contributed by atoms with Crippen molar-refractivity contribution in [2.24, 2.45) is 5.92 Å². The Hall–Kier alpha value is -2.08. The number of rotatable bonds is 5. The molecule has 106 valence electrons. The zero-order valence-corrected chi connectivity index (χ0v) is 12.5. The molecule has 0 radical (unpaired) electrons. The number of nitrogens with one attached hydrogen (secondary N) is 1. The van der Waals surface area contributed by atoms with Crippen LogP contribution in [0.3, 0.4) is 0 Å². The fourth-order valence-electron chi connectivity index (χ4n) is 1.69. The van der Waals surface area contributed by atoms with Crippen LogP contribution in [0.25, 0.3) is 0 Å². The van der Waals surface area contributed by atoms with Gasteiger partial charge in [-0.25, -0.2) is 4.98 Å². The van der Waals surface area contributed by atoms with Gasteiger partial charge in [-0.05, 0) is 12.1 Å². The SMILES string of the molecule is COc1ccccc1Nc1nc(N)c(C(=O)C(C)C)s1. The molecule has 0 aliphatic carbocycles. The summed E-state index contributed by atoms with van der Waals surface area (Å²) in [5.41, 5.74) is 6.60. The number of anilines is 3. The van der Waals surface area contributed by atoms with Crippen molar-refractivity contribution in [3.05, 3.63) is 29.1 Å². The van der Waals surface area contributed by atoms with Crippen LogP contribution in [-0.2, 0) is 0 Å². The highest BCUT2D eigenvalue weighted by Gasteiger charge is 2.19. The molecule has 1 aromatic carbocycles. The molecule has 0 saturated carbocycles. The first kappa shape index (κ1) is 14.3. The highest BCUT2D eigenvalue weighted by molar-refractivity contribution is 7.18. The molecule has 0 spiro atoms. The van der Waals surface area contributed by atoms with Crippen LogP contribution < -0.4 is 15.8 Å². The molecule has 20 heavy (non-hydrogen) atoms. The molecule has 5 nitrogen and oxygen atoms in total. The summed E-state index contributed by atoms with van der Waals surface area (Å²) in [6.45, 7) is 3.68. The monoisotopic (exact) mass is 291 g/mol. The van der Waals surface area contributed by atoms with Crippen molar-refractivity contribution in [3.8, 4) is 5.75 Å². The number of nitrogens with zero attached hydrogens (tertiary/aromatic N) is 1. The van der Waals surface area contributed by atoms with Crippen LogP contribution in [0.5, 0.6) is 5.75 Å². The second kappa shape index (κ2) is 5.92. The topological polar surface area (TPSA) is 77.2 Å². The fourth-order valence-corrected chi connectivity index (χ4v) is 2.67. The molecule has 1 heterocycles. The molecule has 2 rings (SSSR count). The molecule has 0 fully saturated rings. The Labute approximate surface area is 121 Å². The number of hydrogen-bond acceptors (Lipinski definition) is 6. The number of thiazole rings is 1. The number of methoxy groups -OCH3 is 1. The number of ether oxygens (including phenoxy) is 1. The molecule has 0 aliphatic heterocycles. The molecular formula is C14H17N3O2S. The van der Waals surface area contributed by atoms with Crippen LogP contribution >= 0.6 is 11.3 Å². The smallest absolute Gasteiger partial charge is 0.189 e. The molecule has 3 N–H and O–H groups in total. The summed E-state index contributed by atoms with van der Waals surface area (Å²) in [5, 5.41) is 3.71. The molecule has 1 aromatic heterocycles. The molecule has 0 aliphatic rings. The second-order valence-corrected chi connectivity index (χ2v) is 5.58. The Kier molecular flexibility index (Phi) is 4.24. The van der Waals surface area contributed by atoms with E-state index in [4.69, 9.17) is 10.5 Å². The fraction of sp³-hybridized carbons (Fsp3) is 0.286. The van der Waals surface area contributed by atoms with Gasteiger partial charge in [0.2, 0.25) is 0 Å². The highest BCUT2D eigenvalue weighted by Crippen LogP contribution is 2.32. The molecule has 0 saturated heterocycles. The Morgan fingerprint density at radius 1 is 1.40 bits per heavy atom. The molecule has 6 heteroatoms. The van der Waals surface area contributed by atoms with Gasteiger partial charge in [0, 0.05) is 5.92 Å². The number of benzene rings is 1. The maximum Gasteiger partial charge on any atom is 0.189 e. The number of para-hydroxylation sites is 2. The number of ketones is 1. The minimum atomic E-state index is -0.100. The number of nitrogen functional groups attached to an aromatic ring is 1. The number of carbonyl (C=O) groups is 1. The van der Waals surface area contributed by atoms with E-state index in [1.807, 2.05) is 38.1 Å². The number of nitrogens with two attached hydrogens (primary N) is 1. The van der Waals surface area contributed by atoms with Crippen molar-refractivity contribution in [2.45, 2.75) is 13.8 Å². The Bertz CT molecular complexity index is 623. The predicted molar refractivity (Wildman–Crippen MR) is 82.0 cm³/mol. The maximum absolute atomic E-state index is 12.0. The van der Waals surface area contributed by atoms with Gasteiger partial charge in [0.15, 0.2) is 10.9 Å². The van der Waals surface area contributed by atoms with Gasteiger partial charge in [-0.3, -0.25) is 4.79 Å². The first-order chi connectivity index (χ1) is 9.52. The summed E-state index contributed by atoms with van der Waals surface area (Å²) in [6.07, 6.45) is 0. The van der Waals surface area contributed by atoms with E-state index in [1.165, 1.54) is 11.3 Å². The van der Waals surface area contributed by atoms with Gasteiger partial charge in [0.05, 0.1) is 12.8 Å². The summed E-state index contributed by atoms with van der Waals surface area (Å²) in [4.78, 5) is 16.7. The Morgan fingerprint density at radius 3 is 2.75 bits per heavy atom. The highest BCUT2D eigenvalue weighted by atomic mass is 32.1. The van der Waals surface area contributed by atoms with E-state index in [0.717, 1.165) is 5.69 Å². The van der Waals surface area contributed by atoms with E-state index in [-0.39, 0.29) is 17.5 Å². The zero-order chi connectivity index (χ0) is 14.7. The normalized spacial score (nSPS) is 10.6. The molecule has 0 bridgehead atoms. The largest absolute Gasteiger partial charge is 0.495 e. The van der Waals surface area contributed by atoms with Crippen LogP contribution in [0, 0.1) is 5.92 Å². The van der Waals surface area contributed by atoms with Crippen molar-refractivity contribution >= 4 is 33.8 Å². The van der Waals surface area contributed by atoms with E-state index < -0.39 is 0 Å². The number of carbonyl (C=O) groups excluding carboxylic acids is 1. The number of hydrogen-bond donors (Lipinski definition) is 2. The Balaban J connectivity index is 2.27. The van der Waals surface area contributed by atoms with Crippen molar-refractivity contribution in [2.75, 3.05) is 18.2 Å². The quantitative estimate of drug-likeness (QED) is 0.826. The van der Waals surface area contributed by atoms with Crippen LogP contribution in [0.15, 0.2) is 24.3 Å². The van der Waals surface area contributed by atoms with Crippen LogP contribution in [0.4, 0.5) is 16.6 Å². The standard InChI is InChI=1S/C14H17N3O2S/c1-8(2)11(18)12-13(15)17-14(20-12)16-9-6-4-5-7-10(9)19-3/h4-8H,15H2,1-3H3,(H,16,17). The van der Waals surface area contributed by atoms with Gasteiger partial charge >= 0.3 is 0 Å². The van der Waals surface area contributed by atoms with E-state index in [9.17, 15) is 4.79 Å². The maximum atomic E-state index is 12.0. The minimum Gasteiger partial charge on any atom is -0.495 e. The lowest BCUT2D eigenvalue weighted by atomic mass is 10.1. The third-order valence-corrected chi connectivity index (χ3v) is 3.75. The van der Waals surface area contributed by atoms with Crippen molar-refractivity contribution in [1.29, 1.82) is 0 Å². The van der Waals surface area contributed by atoms with E-state index >= 15 is 0 Å². The van der Waals surface area contributed by atoms with E-state index in [2.05, 4.69) is 10.3 Å². The summed E-state index contributed by atoms with van der Waals surface area (Å²) in [5.74, 6) is 0.883. The number of Topliss-reactive ketones (excluding diaryl/α,β-unsaturated/α-hetero) is 1. The van der Waals surface area contributed by atoms with Gasteiger partial charge in [-0.1, -0.05) is 37.3 Å². The summed E-state index contributed by atoms with van der Waals surface area (Å²) < 4.78 is 5.26. The van der Waals surface area contributed by atoms with Crippen molar-refractivity contribution in [3.63, 3.8) is 0 Å². The van der Waals surface area contributed by atoms with Gasteiger partial charge in [-0.15, -0.1) is 0 Å². The average molecular weight is 291 g/mol. The third kappa shape index (κ3) is 2.91. The molecule has 0 atom stereocenters. The third-order valence-electron chi connectivity index (χ3n) is 2.75. The summed E-state index contributed by atoms with van der Waals surface area (Å²) in [7, 11) is 1.60. The first-order valence-corrected chi connectivity index (χ1v) is 7.05. The molecule has 0 amide bonds. The van der Waals surface area contributed by atoms with Gasteiger partial charge in [0.1, 0.15) is 16.4 Å². The van der Waals surface area contributed by atoms with E-state index in [1.54, 1.807) is 7.11 Å². The van der Waals surface area contributed by atoms with Gasteiger partial charge in [0.25, 0.3) is 0 Å². The molecule has 0 unspecified atom stereocenters. The van der Waals surface area contributed by atoms with Crippen LogP contribution in [0.1, 0.15) is 23.5 Å². The lowest BCUT2D eigenvalue weighted by Gasteiger charge is -2.07. The second-order valence-electron chi connectivity index (χ2n) is 4.58. The molecule has 2 aromatic rings. The van der Waals surface area contributed by atoms with E-state index in [0.29, 0.717) is 15.8 Å². The predicted octanol–water partition coefficient (Wildman–Crippen LogP) is 3.32.